The zero-order valence-electron chi connectivity index (χ0n) is 16.4. The molecule has 0 atom stereocenters. The number of benzene rings is 1. The van der Waals surface area contributed by atoms with E-state index in [9.17, 15) is 14.4 Å². The third kappa shape index (κ3) is 6.75. The van der Waals surface area contributed by atoms with Crippen LogP contribution in [0.5, 0.6) is 11.5 Å². The van der Waals surface area contributed by atoms with Crippen molar-refractivity contribution in [3.8, 4) is 11.5 Å². The first-order valence-corrected chi connectivity index (χ1v) is 9.70. The Labute approximate surface area is 164 Å². The number of imide groups is 1. The average Bonchev–Trinajstić information content (AvgIpc) is 2.62. The van der Waals surface area contributed by atoms with Gasteiger partial charge in [0.05, 0.1) is 19.1 Å². The van der Waals surface area contributed by atoms with E-state index in [-0.39, 0.29) is 11.9 Å². The molecule has 0 spiro atoms. The molecule has 2 N–H and O–H groups in total. The van der Waals surface area contributed by atoms with Gasteiger partial charge in [-0.1, -0.05) is 20.3 Å². The fourth-order valence-electron chi connectivity index (χ4n) is 2.47. The van der Waals surface area contributed by atoms with Gasteiger partial charge in [-0.05, 0) is 37.8 Å². The largest absolute Gasteiger partial charge is 0.490 e. The minimum absolute atomic E-state index is 0.114. The first-order valence-electron chi connectivity index (χ1n) is 9.70. The second-order valence-electron chi connectivity index (χ2n) is 6.60. The van der Waals surface area contributed by atoms with Gasteiger partial charge in [0, 0.05) is 11.8 Å². The van der Waals surface area contributed by atoms with Crippen molar-refractivity contribution in [3.63, 3.8) is 0 Å². The number of ether oxygens (including phenoxy) is 3. The zero-order chi connectivity index (χ0) is 20.4. The van der Waals surface area contributed by atoms with Crippen LogP contribution in [0.4, 0.5) is 10.5 Å². The van der Waals surface area contributed by atoms with E-state index in [4.69, 9.17) is 14.2 Å². The third-order valence-electron chi connectivity index (χ3n) is 4.16. The lowest BCUT2D eigenvalue weighted by Crippen LogP contribution is -2.38. The van der Waals surface area contributed by atoms with Crippen LogP contribution in [-0.4, -0.2) is 37.7 Å². The molecule has 8 nitrogen and oxygen atoms in total. The van der Waals surface area contributed by atoms with Gasteiger partial charge in [-0.25, -0.2) is 4.79 Å². The Hall–Kier alpha value is -2.77. The number of amides is 3. The molecule has 0 saturated heterocycles. The van der Waals surface area contributed by atoms with Crippen molar-refractivity contribution in [1.82, 2.24) is 5.32 Å². The van der Waals surface area contributed by atoms with E-state index in [2.05, 4.69) is 10.6 Å². The molecule has 0 bridgehead atoms. The number of anilines is 1. The Kier molecular flexibility index (Phi) is 8.58. The number of urea groups is 1. The lowest BCUT2D eigenvalue weighted by atomic mass is 9.86. The van der Waals surface area contributed by atoms with Gasteiger partial charge >= 0.3 is 12.0 Å². The highest BCUT2D eigenvalue weighted by Gasteiger charge is 2.27. The first-order chi connectivity index (χ1) is 13.5. The maximum absolute atomic E-state index is 12.0. The van der Waals surface area contributed by atoms with Crippen LogP contribution in [0.15, 0.2) is 18.2 Å². The summed E-state index contributed by atoms with van der Waals surface area (Å²) in [6.07, 6.45) is 4.28. The Morgan fingerprint density at radius 2 is 1.71 bits per heavy atom. The molecule has 0 radical (unpaired) electrons. The summed E-state index contributed by atoms with van der Waals surface area (Å²) in [5.41, 5.74) is 0.451. The van der Waals surface area contributed by atoms with Crippen molar-refractivity contribution in [3.05, 3.63) is 18.2 Å². The van der Waals surface area contributed by atoms with E-state index >= 15 is 0 Å². The highest BCUT2D eigenvalue weighted by Crippen LogP contribution is 2.31. The third-order valence-corrected chi connectivity index (χ3v) is 4.16. The molecule has 1 aliphatic rings. The Balaban J connectivity index is 1.85. The minimum Gasteiger partial charge on any atom is -0.490 e. The topological polar surface area (TPSA) is 103 Å². The molecular weight excluding hydrogens is 364 g/mol. The van der Waals surface area contributed by atoms with Crippen LogP contribution < -0.4 is 20.1 Å². The lowest BCUT2D eigenvalue weighted by molar-refractivity contribution is -0.154. The Morgan fingerprint density at radius 1 is 1.04 bits per heavy atom. The molecule has 0 heterocycles. The highest BCUT2D eigenvalue weighted by atomic mass is 16.5. The zero-order valence-corrected chi connectivity index (χ0v) is 16.4. The molecule has 1 aromatic carbocycles. The van der Waals surface area contributed by atoms with Crippen LogP contribution in [0.25, 0.3) is 0 Å². The first kappa shape index (κ1) is 21.5. The summed E-state index contributed by atoms with van der Waals surface area (Å²) in [4.78, 5) is 35.4. The monoisotopic (exact) mass is 392 g/mol. The molecule has 1 aromatic rings. The molecule has 0 aliphatic heterocycles. The summed E-state index contributed by atoms with van der Waals surface area (Å²) in [6, 6.07) is 4.29. The van der Waals surface area contributed by atoms with Gasteiger partial charge in [0.1, 0.15) is 0 Å². The van der Waals surface area contributed by atoms with E-state index in [1.54, 1.807) is 18.2 Å². The SMILES string of the molecule is CCCOc1ccc(NC(=O)NC(=O)COC(=O)C2CCC2)cc1OCCC. The van der Waals surface area contributed by atoms with Crippen LogP contribution >= 0.6 is 0 Å². The van der Waals surface area contributed by atoms with Crippen molar-refractivity contribution >= 4 is 23.6 Å². The molecule has 0 unspecified atom stereocenters. The quantitative estimate of drug-likeness (QED) is 0.593. The number of hydrogen-bond acceptors (Lipinski definition) is 6. The molecule has 0 aromatic heterocycles. The molecule has 1 fully saturated rings. The van der Waals surface area contributed by atoms with Gasteiger partial charge < -0.3 is 19.5 Å². The smallest absolute Gasteiger partial charge is 0.325 e. The molecule has 1 saturated carbocycles. The number of esters is 1. The van der Waals surface area contributed by atoms with E-state index in [1.807, 2.05) is 13.8 Å². The number of nitrogens with one attached hydrogen (secondary N) is 2. The second-order valence-corrected chi connectivity index (χ2v) is 6.60. The Morgan fingerprint density at radius 3 is 2.32 bits per heavy atom. The van der Waals surface area contributed by atoms with Crippen molar-refractivity contribution in [2.75, 3.05) is 25.1 Å². The van der Waals surface area contributed by atoms with Crippen molar-refractivity contribution in [2.45, 2.75) is 46.0 Å². The number of rotatable bonds is 10. The maximum Gasteiger partial charge on any atom is 0.325 e. The van der Waals surface area contributed by atoms with Gasteiger partial charge in [-0.15, -0.1) is 0 Å². The van der Waals surface area contributed by atoms with Crippen LogP contribution in [0.1, 0.15) is 46.0 Å². The van der Waals surface area contributed by atoms with Gasteiger partial charge in [-0.2, -0.15) is 0 Å². The molecule has 1 aliphatic carbocycles. The maximum atomic E-state index is 12.0. The number of carbonyl (C=O) groups is 3. The predicted octanol–water partition coefficient (Wildman–Crippen LogP) is 3.26. The minimum atomic E-state index is -0.714. The summed E-state index contributed by atoms with van der Waals surface area (Å²) >= 11 is 0. The Bertz CT molecular complexity index is 687. The average molecular weight is 392 g/mol. The van der Waals surface area contributed by atoms with Gasteiger partial charge in [0.25, 0.3) is 5.91 Å². The second kappa shape index (κ2) is 11.2. The van der Waals surface area contributed by atoms with E-state index < -0.39 is 18.5 Å². The molecule has 28 heavy (non-hydrogen) atoms. The van der Waals surface area contributed by atoms with Crippen LogP contribution in [-0.2, 0) is 14.3 Å². The molecular formula is C20H28N2O6. The number of carbonyl (C=O) groups excluding carboxylic acids is 3. The molecule has 8 heteroatoms. The van der Waals surface area contributed by atoms with E-state index in [0.29, 0.717) is 30.4 Å². The lowest BCUT2D eigenvalue weighted by Gasteiger charge is -2.22. The van der Waals surface area contributed by atoms with Crippen molar-refractivity contribution < 1.29 is 28.6 Å². The molecule has 3 amide bonds. The van der Waals surface area contributed by atoms with Gasteiger partial charge in [0.2, 0.25) is 0 Å². The van der Waals surface area contributed by atoms with Gasteiger partial charge in [0.15, 0.2) is 18.1 Å². The molecule has 154 valence electrons. The normalized spacial score (nSPS) is 13.2. The molecule has 2 rings (SSSR count). The fourth-order valence-corrected chi connectivity index (χ4v) is 2.47. The summed E-state index contributed by atoms with van der Waals surface area (Å²) in [5.74, 6) is -0.0663. The van der Waals surface area contributed by atoms with Crippen LogP contribution in [0.3, 0.4) is 0 Å². The highest BCUT2D eigenvalue weighted by molar-refractivity contribution is 6.02. The van der Waals surface area contributed by atoms with Crippen molar-refractivity contribution in [1.29, 1.82) is 0 Å². The summed E-state index contributed by atoms with van der Waals surface area (Å²) in [6.45, 7) is 4.60. The van der Waals surface area contributed by atoms with Crippen LogP contribution in [0, 0.1) is 5.92 Å². The number of hydrogen-bond donors (Lipinski definition) is 2. The predicted molar refractivity (Wildman–Crippen MR) is 103 cm³/mol. The van der Waals surface area contributed by atoms with Crippen molar-refractivity contribution in [2.24, 2.45) is 5.92 Å². The fraction of sp³-hybridized carbons (Fsp3) is 0.550. The summed E-state index contributed by atoms with van der Waals surface area (Å²) in [5, 5.41) is 4.69. The van der Waals surface area contributed by atoms with Crippen LogP contribution in [0.2, 0.25) is 0 Å². The van der Waals surface area contributed by atoms with E-state index in [0.717, 1.165) is 32.1 Å². The van der Waals surface area contributed by atoms with E-state index in [1.165, 1.54) is 0 Å². The summed E-state index contributed by atoms with van der Waals surface area (Å²) in [7, 11) is 0. The summed E-state index contributed by atoms with van der Waals surface area (Å²) < 4.78 is 16.2. The van der Waals surface area contributed by atoms with Gasteiger partial charge in [-0.3, -0.25) is 14.9 Å². The standard InChI is InChI=1S/C20H28N2O6/c1-3-10-26-16-9-8-15(12-17(16)27-11-4-2)21-20(25)22-18(23)13-28-19(24)14-6-5-7-14/h8-9,12,14H,3-7,10-11,13H2,1-2H3,(H2,21,22,23,25).